The molecular formula is C33H56O3Si2. The molecular weight excluding hydrogens is 501 g/mol. The Morgan fingerprint density at radius 2 is 1.50 bits per heavy atom. The van der Waals surface area contributed by atoms with Crippen molar-refractivity contribution in [3.8, 4) is 0 Å². The zero-order chi connectivity index (χ0) is 28.7. The Balaban J connectivity index is 1.75. The molecule has 2 saturated carbocycles. The third-order valence-electron chi connectivity index (χ3n) is 12.1. The van der Waals surface area contributed by atoms with Gasteiger partial charge in [0.05, 0.1) is 12.2 Å². The van der Waals surface area contributed by atoms with E-state index < -0.39 is 16.6 Å². The first kappa shape index (κ1) is 30.2. The Hall–Kier alpha value is -0.756. The second-order valence-electron chi connectivity index (χ2n) is 16.4. The standard InChI is InChI=1S/C33H56O3Si2/c1-22(34)26-16-17-27-25-15-14-23-20-24(35-37(10,11)30(2,3)4)21-29(36-38(12,13)31(5,6)7)33(23,9)28(25)18-19-32(26,27)8/h14-16,24,27-29H,17-21H2,1-13H3/t24?,27-,28-,29?,32+,33-/m0/s1. The van der Waals surface area contributed by atoms with Crippen molar-refractivity contribution in [2.45, 2.75) is 143 Å². The van der Waals surface area contributed by atoms with Crippen LogP contribution in [0.25, 0.3) is 0 Å². The Morgan fingerprint density at radius 3 is 2.05 bits per heavy atom. The Kier molecular flexibility index (Phi) is 7.46. The molecule has 0 N–H and O–H groups in total. The zero-order valence-corrected chi connectivity index (χ0v) is 28.8. The summed E-state index contributed by atoms with van der Waals surface area (Å²) in [4.78, 5) is 12.6. The molecule has 4 rings (SSSR count). The van der Waals surface area contributed by atoms with Crippen LogP contribution in [0.15, 0.2) is 34.9 Å². The highest BCUT2D eigenvalue weighted by Gasteiger charge is 2.59. The van der Waals surface area contributed by atoms with E-state index >= 15 is 0 Å². The summed E-state index contributed by atoms with van der Waals surface area (Å²) < 4.78 is 14.5. The number of fused-ring (bicyclic) bond motifs is 5. The van der Waals surface area contributed by atoms with Crippen LogP contribution in [0.2, 0.25) is 36.3 Å². The van der Waals surface area contributed by atoms with Crippen molar-refractivity contribution in [1.82, 2.24) is 0 Å². The third-order valence-corrected chi connectivity index (χ3v) is 21.1. The van der Waals surface area contributed by atoms with Gasteiger partial charge in [-0.25, -0.2) is 0 Å². The summed E-state index contributed by atoms with van der Waals surface area (Å²) in [5.41, 5.74) is 4.14. The monoisotopic (exact) mass is 556 g/mol. The second kappa shape index (κ2) is 9.39. The average Bonchev–Trinajstić information content (AvgIpc) is 3.10. The number of hydrogen-bond donors (Lipinski definition) is 0. The molecule has 4 aliphatic carbocycles. The average molecular weight is 557 g/mol. The molecule has 6 atom stereocenters. The van der Waals surface area contributed by atoms with Gasteiger partial charge in [0, 0.05) is 10.8 Å². The van der Waals surface area contributed by atoms with Crippen LogP contribution in [0.1, 0.15) is 94.4 Å². The van der Waals surface area contributed by atoms with E-state index in [4.69, 9.17) is 8.85 Å². The van der Waals surface area contributed by atoms with Crippen LogP contribution in [0.4, 0.5) is 0 Å². The first-order valence-corrected chi connectivity index (χ1v) is 20.9. The summed E-state index contributed by atoms with van der Waals surface area (Å²) in [6.45, 7) is 30.3. The SMILES string of the molecule is CC(=O)C1=CC[C@H]2C3=CC=C4CC(O[Si](C)(C)C(C)(C)C)CC(O[Si](C)(C)C(C)(C)C)[C@]4(C)[C@H]3CC[C@]12C. The minimum atomic E-state index is -2.01. The molecule has 2 unspecified atom stereocenters. The normalized spacial score (nSPS) is 36.0. The van der Waals surface area contributed by atoms with Gasteiger partial charge in [0.15, 0.2) is 22.4 Å². The molecule has 0 heterocycles. The fourth-order valence-corrected chi connectivity index (χ4v) is 10.3. The summed E-state index contributed by atoms with van der Waals surface area (Å²) >= 11 is 0. The Labute approximate surface area is 236 Å². The van der Waals surface area contributed by atoms with Crippen molar-refractivity contribution >= 4 is 22.4 Å². The van der Waals surface area contributed by atoms with Gasteiger partial charge in [0.25, 0.3) is 0 Å². The van der Waals surface area contributed by atoms with Crippen LogP contribution in [0.3, 0.4) is 0 Å². The van der Waals surface area contributed by atoms with E-state index in [1.807, 2.05) is 0 Å². The number of Topliss-reactive ketones (excluding diaryl/α,β-unsaturated/α-hetero) is 1. The molecule has 214 valence electrons. The van der Waals surface area contributed by atoms with Crippen LogP contribution >= 0.6 is 0 Å². The van der Waals surface area contributed by atoms with E-state index in [0.29, 0.717) is 11.8 Å². The van der Waals surface area contributed by atoms with Gasteiger partial charge in [0.2, 0.25) is 0 Å². The number of carbonyl (C=O) groups excluding carboxylic acids is 1. The number of ketones is 1. The quantitative estimate of drug-likeness (QED) is 0.316. The maximum atomic E-state index is 12.6. The highest BCUT2D eigenvalue weighted by Crippen LogP contribution is 2.64. The first-order chi connectivity index (χ1) is 17.1. The smallest absolute Gasteiger partial charge is 0.192 e. The molecule has 0 aliphatic heterocycles. The largest absolute Gasteiger partial charge is 0.414 e. The molecule has 0 bridgehead atoms. The molecule has 0 radical (unpaired) electrons. The summed E-state index contributed by atoms with van der Waals surface area (Å²) in [6.07, 6.45) is 12.7. The molecule has 3 nitrogen and oxygen atoms in total. The number of allylic oxidation sites excluding steroid dienone is 5. The first-order valence-electron chi connectivity index (χ1n) is 15.1. The predicted octanol–water partition coefficient (Wildman–Crippen LogP) is 9.39. The molecule has 0 amide bonds. The van der Waals surface area contributed by atoms with E-state index in [-0.39, 0.29) is 38.9 Å². The third kappa shape index (κ3) is 4.75. The maximum absolute atomic E-state index is 12.6. The maximum Gasteiger partial charge on any atom is 0.192 e. The predicted molar refractivity (Wildman–Crippen MR) is 165 cm³/mol. The number of rotatable bonds is 5. The van der Waals surface area contributed by atoms with Crippen LogP contribution in [-0.2, 0) is 13.6 Å². The van der Waals surface area contributed by atoms with Gasteiger partial charge in [-0.2, -0.15) is 0 Å². The van der Waals surface area contributed by atoms with Crippen molar-refractivity contribution in [3.05, 3.63) is 34.9 Å². The summed E-state index contributed by atoms with van der Waals surface area (Å²) in [5, 5.41) is 0.347. The number of hydrogen-bond acceptors (Lipinski definition) is 3. The fourth-order valence-electron chi connectivity index (χ4n) is 7.53. The summed E-state index contributed by atoms with van der Waals surface area (Å²) in [5.74, 6) is 1.17. The van der Waals surface area contributed by atoms with Crippen LogP contribution in [0, 0.1) is 22.7 Å². The van der Waals surface area contributed by atoms with Crippen molar-refractivity contribution in [2.24, 2.45) is 22.7 Å². The van der Waals surface area contributed by atoms with Crippen molar-refractivity contribution < 1.29 is 13.6 Å². The van der Waals surface area contributed by atoms with E-state index in [0.717, 1.165) is 37.7 Å². The molecule has 0 spiro atoms. The van der Waals surface area contributed by atoms with Gasteiger partial charge < -0.3 is 8.85 Å². The highest BCUT2D eigenvalue weighted by atomic mass is 28.4. The Morgan fingerprint density at radius 1 is 0.921 bits per heavy atom. The van der Waals surface area contributed by atoms with E-state index in [1.54, 1.807) is 12.5 Å². The van der Waals surface area contributed by atoms with Crippen LogP contribution in [-0.4, -0.2) is 34.6 Å². The van der Waals surface area contributed by atoms with E-state index in [2.05, 4.69) is 99.8 Å². The van der Waals surface area contributed by atoms with Gasteiger partial charge >= 0.3 is 0 Å². The molecule has 0 aromatic carbocycles. The molecule has 5 heteroatoms. The lowest BCUT2D eigenvalue weighted by atomic mass is 9.49. The zero-order valence-electron chi connectivity index (χ0n) is 26.8. The van der Waals surface area contributed by atoms with Gasteiger partial charge in [-0.1, -0.05) is 84.8 Å². The van der Waals surface area contributed by atoms with Crippen molar-refractivity contribution in [1.29, 1.82) is 0 Å². The van der Waals surface area contributed by atoms with E-state index in [9.17, 15) is 4.79 Å². The van der Waals surface area contributed by atoms with E-state index in [1.165, 1.54) is 5.57 Å². The van der Waals surface area contributed by atoms with Gasteiger partial charge in [0.1, 0.15) is 0 Å². The lowest BCUT2D eigenvalue weighted by Crippen LogP contribution is -2.58. The van der Waals surface area contributed by atoms with Crippen molar-refractivity contribution in [2.75, 3.05) is 0 Å². The molecule has 38 heavy (non-hydrogen) atoms. The topological polar surface area (TPSA) is 35.5 Å². The summed E-state index contributed by atoms with van der Waals surface area (Å²) in [6, 6.07) is 0. The fraction of sp³-hybridized carbons (Fsp3) is 0.788. The van der Waals surface area contributed by atoms with Gasteiger partial charge in [-0.15, -0.1) is 0 Å². The van der Waals surface area contributed by atoms with Crippen LogP contribution < -0.4 is 0 Å². The number of carbonyl (C=O) groups is 1. The lowest BCUT2D eigenvalue weighted by Gasteiger charge is -2.59. The molecule has 4 aliphatic rings. The van der Waals surface area contributed by atoms with Crippen molar-refractivity contribution in [3.63, 3.8) is 0 Å². The molecule has 0 aromatic heterocycles. The minimum absolute atomic E-state index is 0.0195. The minimum Gasteiger partial charge on any atom is -0.414 e. The lowest BCUT2D eigenvalue weighted by molar-refractivity contribution is -0.115. The second-order valence-corrected chi connectivity index (χ2v) is 25.9. The molecule has 0 aromatic rings. The Bertz CT molecular complexity index is 1070. The summed E-state index contributed by atoms with van der Waals surface area (Å²) in [7, 11) is -3.91. The van der Waals surface area contributed by atoms with Crippen LogP contribution in [0.5, 0.6) is 0 Å². The van der Waals surface area contributed by atoms with Gasteiger partial charge in [-0.05, 0) is 92.7 Å². The molecule has 0 saturated heterocycles. The highest BCUT2D eigenvalue weighted by molar-refractivity contribution is 6.74. The molecule has 2 fully saturated rings. The van der Waals surface area contributed by atoms with Gasteiger partial charge in [-0.3, -0.25) is 4.79 Å².